The van der Waals surface area contributed by atoms with Crippen LogP contribution in [0.25, 0.3) is 10.9 Å². The number of benzene rings is 1. The number of hydrazine groups is 1. The minimum Gasteiger partial charge on any atom is -0.372 e. The third-order valence-corrected chi connectivity index (χ3v) is 6.10. The van der Waals surface area contributed by atoms with E-state index in [0.717, 1.165) is 41.6 Å². The summed E-state index contributed by atoms with van der Waals surface area (Å²) in [6, 6.07) is 5.32. The number of anilines is 1. The molecule has 35 heavy (non-hydrogen) atoms. The van der Waals surface area contributed by atoms with Crippen LogP contribution >= 0.6 is 24.8 Å². The van der Waals surface area contributed by atoms with E-state index >= 15 is 0 Å². The second-order valence-corrected chi connectivity index (χ2v) is 9.33. The van der Waals surface area contributed by atoms with Crippen LogP contribution < -0.4 is 16.1 Å². The van der Waals surface area contributed by atoms with Crippen LogP contribution in [-0.2, 0) is 9.59 Å². The Morgan fingerprint density at radius 3 is 2.37 bits per heavy atom. The third kappa shape index (κ3) is 5.66. The van der Waals surface area contributed by atoms with Gasteiger partial charge in [0.05, 0.1) is 5.52 Å². The summed E-state index contributed by atoms with van der Waals surface area (Å²) in [4.78, 5) is 45.9. The Balaban J connectivity index is 0.00000216. The molecule has 1 aliphatic carbocycles. The van der Waals surface area contributed by atoms with Gasteiger partial charge in [0, 0.05) is 23.5 Å². The van der Waals surface area contributed by atoms with Crippen LogP contribution in [0.4, 0.5) is 5.82 Å². The quantitative estimate of drug-likeness (QED) is 0.332. The Labute approximate surface area is 216 Å². The zero-order valence-corrected chi connectivity index (χ0v) is 21.8. The number of β-lactam (4-membered cyclic amide) rings is 2. The molecule has 10 nitrogen and oxygen atoms in total. The number of nitrogens with one attached hydrogen (secondary N) is 3. The van der Waals surface area contributed by atoms with E-state index in [1.165, 1.54) is 6.92 Å². The maximum Gasteiger partial charge on any atom is 0.289 e. The Morgan fingerprint density at radius 1 is 1.11 bits per heavy atom. The number of amides is 3. The average Bonchev–Trinajstić information content (AvgIpc) is 2.77. The second kappa shape index (κ2) is 11.0. The summed E-state index contributed by atoms with van der Waals surface area (Å²) in [7, 11) is 0. The van der Waals surface area contributed by atoms with E-state index in [4.69, 9.17) is 0 Å². The first-order valence-corrected chi connectivity index (χ1v) is 11.3. The van der Waals surface area contributed by atoms with Gasteiger partial charge in [-0.1, -0.05) is 24.5 Å². The van der Waals surface area contributed by atoms with Gasteiger partial charge in [-0.15, -0.1) is 24.8 Å². The Bertz CT molecular complexity index is 1110. The van der Waals surface area contributed by atoms with E-state index in [1.54, 1.807) is 0 Å². The average molecular weight is 527 g/mol. The predicted molar refractivity (Wildman–Crippen MR) is 137 cm³/mol. The summed E-state index contributed by atoms with van der Waals surface area (Å²) >= 11 is 0. The van der Waals surface area contributed by atoms with E-state index in [0.29, 0.717) is 11.3 Å². The fraction of sp³-hybridized carbons (Fsp3) is 0.522. The smallest absolute Gasteiger partial charge is 0.289 e. The molecule has 4 N–H and O–H groups in total. The van der Waals surface area contributed by atoms with Gasteiger partial charge in [-0.25, -0.2) is 20.4 Å². The number of hydrogen-bond donors (Lipinski definition) is 4. The van der Waals surface area contributed by atoms with Gasteiger partial charge >= 0.3 is 0 Å². The normalized spacial score (nSPS) is 21.1. The highest BCUT2D eigenvalue weighted by molar-refractivity contribution is 6.23. The predicted octanol–water partition coefficient (Wildman–Crippen LogP) is 2.27. The fourth-order valence-electron chi connectivity index (χ4n) is 4.26. The van der Waals surface area contributed by atoms with Crippen molar-refractivity contribution in [1.82, 2.24) is 25.7 Å². The molecule has 12 heteroatoms. The molecule has 0 spiro atoms. The van der Waals surface area contributed by atoms with Gasteiger partial charge in [-0.3, -0.25) is 14.4 Å². The molecule has 1 aromatic carbocycles. The van der Waals surface area contributed by atoms with Gasteiger partial charge in [0.15, 0.2) is 0 Å². The summed E-state index contributed by atoms with van der Waals surface area (Å²) in [6.45, 7) is 6.91. The highest BCUT2D eigenvalue weighted by Crippen LogP contribution is 2.29. The molecule has 0 bridgehead atoms. The SMILES string of the molecule is Cc1ccc2nc(C(=O)NC(C)C)nc(N[C@H]3CCCC[C@H]3NN3C(=O)C(C)(O)C3=O)c2c1.Cl.Cl. The van der Waals surface area contributed by atoms with Crippen molar-refractivity contribution in [3.63, 3.8) is 0 Å². The number of halogens is 2. The molecule has 2 aromatic rings. The second-order valence-electron chi connectivity index (χ2n) is 9.33. The maximum absolute atomic E-state index is 12.6. The Hall–Kier alpha value is -2.53. The molecule has 1 aromatic heterocycles. The van der Waals surface area contributed by atoms with Crippen LogP contribution in [-0.4, -0.2) is 61.5 Å². The number of aliphatic hydroxyl groups is 1. The number of hydrogen-bond acceptors (Lipinski definition) is 8. The van der Waals surface area contributed by atoms with Gasteiger partial charge in [-0.2, -0.15) is 0 Å². The minimum atomic E-state index is -1.97. The molecule has 0 unspecified atom stereocenters. The molecule has 192 valence electrons. The summed E-state index contributed by atoms with van der Waals surface area (Å²) in [6.07, 6.45) is 3.43. The van der Waals surface area contributed by atoms with Crippen molar-refractivity contribution in [3.8, 4) is 0 Å². The number of imide groups is 1. The van der Waals surface area contributed by atoms with E-state index in [9.17, 15) is 19.5 Å². The van der Waals surface area contributed by atoms with Crippen molar-refractivity contribution >= 4 is 59.3 Å². The van der Waals surface area contributed by atoms with E-state index < -0.39 is 17.4 Å². The number of aromatic nitrogens is 2. The molecule has 1 saturated heterocycles. The Morgan fingerprint density at radius 2 is 1.74 bits per heavy atom. The first-order valence-electron chi connectivity index (χ1n) is 11.3. The summed E-state index contributed by atoms with van der Waals surface area (Å²) in [5, 5.41) is 17.9. The lowest BCUT2D eigenvalue weighted by atomic mass is 9.89. The number of aryl methyl sites for hydroxylation is 1. The lowest BCUT2D eigenvalue weighted by Gasteiger charge is -2.44. The number of fused-ring (bicyclic) bond motifs is 1. The van der Waals surface area contributed by atoms with Gasteiger partial charge < -0.3 is 15.7 Å². The van der Waals surface area contributed by atoms with E-state index in [2.05, 4.69) is 26.0 Å². The zero-order chi connectivity index (χ0) is 23.9. The molecule has 2 fully saturated rings. The molecule has 4 rings (SSSR count). The van der Waals surface area contributed by atoms with Gasteiger partial charge in [0.25, 0.3) is 17.7 Å². The largest absolute Gasteiger partial charge is 0.372 e. The summed E-state index contributed by atoms with van der Waals surface area (Å²) in [5.41, 5.74) is 2.71. The summed E-state index contributed by atoms with van der Waals surface area (Å²) in [5.74, 6) is -1.07. The van der Waals surface area contributed by atoms with Crippen LogP contribution in [0.2, 0.25) is 0 Å². The molecular formula is C23H32Cl2N6O4. The van der Waals surface area contributed by atoms with Crippen molar-refractivity contribution in [3.05, 3.63) is 29.6 Å². The number of carbonyl (C=O) groups excluding carboxylic acids is 3. The third-order valence-electron chi connectivity index (χ3n) is 6.10. The van der Waals surface area contributed by atoms with Crippen LogP contribution in [0.15, 0.2) is 18.2 Å². The lowest BCUT2D eigenvalue weighted by Crippen LogP contribution is -2.75. The zero-order valence-electron chi connectivity index (χ0n) is 20.1. The highest BCUT2D eigenvalue weighted by Gasteiger charge is 2.58. The van der Waals surface area contributed by atoms with Crippen molar-refractivity contribution in [2.45, 2.75) is 77.1 Å². The molecular weight excluding hydrogens is 495 g/mol. The molecule has 1 saturated carbocycles. The van der Waals surface area contributed by atoms with Crippen LogP contribution in [0, 0.1) is 6.92 Å². The van der Waals surface area contributed by atoms with Gasteiger partial charge in [0.2, 0.25) is 11.4 Å². The fourth-order valence-corrected chi connectivity index (χ4v) is 4.26. The standard InChI is InChI=1S/C23H30N6O4.2ClH/c1-12(2)24-20(30)19-25-15-10-9-13(3)11-14(15)18(27-19)26-16-7-5-6-8-17(16)28-29-21(31)23(4,33)22(29)32;;/h9-12,16-17,28,33H,5-8H2,1-4H3,(H,24,30)(H,25,26,27);2*1H/t16-,17+;;/m0../s1. The molecule has 3 amide bonds. The Kier molecular flexibility index (Phi) is 9.05. The van der Waals surface area contributed by atoms with E-state index in [-0.39, 0.29) is 54.7 Å². The van der Waals surface area contributed by atoms with Gasteiger partial charge in [0.1, 0.15) is 5.82 Å². The maximum atomic E-state index is 12.6. The number of carbonyl (C=O) groups is 3. The first kappa shape index (κ1) is 28.7. The van der Waals surface area contributed by atoms with E-state index in [1.807, 2.05) is 39.0 Å². The molecule has 0 radical (unpaired) electrons. The van der Waals surface area contributed by atoms with Gasteiger partial charge in [-0.05, 0) is 52.7 Å². The molecule has 2 atom stereocenters. The minimum absolute atomic E-state index is 0. The van der Waals surface area contributed by atoms with Crippen LogP contribution in [0.3, 0.4) is 0 Å². The molecule has 2 aliphatic rings. The first-order chi connectivity index (χ1) is 15.6. The van der Waals surface area contributed by atoms with Crippen LogP contribution in [0.1, 0.15) is 62.6 Å². The van der Waals surface area contributed by atoms with Crippen molar-refractivity contribution in [1.29, 1.82) is 0 Å². The highest BCUT2D eigenvalue weighted by atomic mass is 35.5. The summed E-state index contributed by atoms with van der Waals surface area (Å²) < 4.78 is 0. The van der Waals surface area contributed by atoms with Crippen molar-refractivity contribution < 1.29 is 19.5 Å². The monoisotopic (exact) mass is 526 g/mol. The molecule has 2 heterocycles. The number of nitrogens with zero attached hydrogens (tertiary/aromatic N) is 3. The van der Waals surface area contributed by atoms with Crippen molar-refractivity contribution in [2.75, 3.05) is 5.32 Å². The topological polar surface area (TPSA) is 137 Å². The lowest BCUT2D eigenvalue weighted by molar-refractivity contribution is -0.192. The molecule has 1 aliphatic heterocycles. The van der Waals surface area contributed by atoms with Crippen LogP contribution in [0.5, 0.6) is 0 Å². The van der Waals surface area contributed by atoms with Crippen molar-refractivity contribution in [2.24, 2.45) is 0 Å². The number of rotatable bonds is 6.